The van der Waals surface area contributed by atoms with Gasteiger partial charge in [0, 0.05) is 41.1 Å². The number of aromatic nitrogens is 3. The van der Waals surface area contributed by atoms with E-state index in [-0.39, 0.29) is 11.4 Å². The van der Waals surface area contributed by atoms with Crippen LogP contribution in [0.15, 0.2) is 59.0 Å². The Kier molecular flexibility index (Phi) is 4.36. The second-order valence-corrected chi connectivity index (χ2v) is 8.07. The lowest BCUT2D eigenvalue weighted by Gasteiger charge is -2.18. The number of pyridine rings is 2. The summed E-state index contributed by atoms with van der Waals surface area (Å²) in [7, 11) is 0. The molecule has 0 unspecified atom stereocenters. The summed E-state index contributed by atoms with van der Waals surface area (Å²) in [4.78, 5) is 22.3. The summed E-state index contributed by atoms with van der Waals surface area (Å²) in [5.74, 6) is -0.286. The van der Waals surface area contributed by atoms with E-state index in [1.807, 2.05) is 35.2 Å². The smallest absolute Gasteiger partial charge is 0.261 e. The van der Waals surface area contributed by atoms with Gasteiger partial charge >= 0.3 is 0 Å². The highest BCUT2D eigenvalue weighted by atomic mass is 32.1. The average molecular weight is 403 g/mol. The second-order valence-electron chi connectivity index (χ2n) is 7.21. The van der Waals surface area contributed by atoms with Crippen molar-refractivity contribution in [2.45, 2.75) is 26.3 Å². The molecule has 0 saturated heterocycles. The van der Waals surface area contributed by atoms with Crippen LogP contribution in [0.5, 0.6) is 0 Å². The highest BCUT2D eigenvalue weighted by Gasteiger charge is 2.23. The minimum atomic E-state index is -0.286. The van der Waals surface area contributed by atoms with Crippen LogP contribution < -0.4 is 5.56 Å². The molecule has 5 rings (SSSR count). The lowest BCUT2D eigenvalue weighted by molar-refractivity contribution is 0.628. The summed E-state index contributed by atoms with van der Waals surface area (Å²) in [5.41, 5.74) is 6.16. The first kappa shape index (κ1) is 17.9. The number of nitrogens with zero attached hydrogens (tertiary/aromatic N) is 3. The molecule has 0 aliphatic carbocycles. The van der Waals surface area contributed by atoms with Crippen molar-refractivity contribution < 1.29 is 4.39 Å². The van der Waals surface area contributed by atoms with Gasteiger partial charge in [0.05, 0.1) is 11.3 Å². The van der Waals surface area contributed by atoms with Crippen molar-refractivity contribution >= 4 is 11.3 Å². The number of rotatable bonds is 2. The third-order valence-corrected chi connectivity index (χ3v) is 6.28. The van der Waals surface area contributed by atoms with Gasteiger partial charge in [-0.15, -0.1) is 11.3 Å². The van der Waals surface area contributed by atoms with Gasteiger partial charge in [0.1, 0.15) is 10.8 Å². The maximum atomic E-state index is 13.6. The van der Waals surface area contributed by atoms with Crippen molar-refractivity contribution in [3.05, 3.63) is 81.6 Å². The summed E-state index contributed by atoms with van der Waals surface area (Å²) in [6.07, 6.45) is 5.36. The van der Waals surface area contributed by atoms with Crippen LogP contribution >= 0.6 is 11.3 Å². The molecule has 0 saturated carbocycles. The Morgan fingerprint density at radius 1 is 1.10 bits per heavy atom. The highest BCUT2D eigenvalue weighted by Crippen LogP contribution is 2.37. The molecular weight excluding hydrogens is 385 g/mol. The first-order valence-electron chi connectivity index (χ1n) is 9.51. The highest BCUT2D eigenvalue weighted by molar-refractivity contribution is 7.13. The zero-order valence-electron chi connectivity index (χ0n) is 15.9. The average Bonchev–Trinajstić information content (AvgIpc) is 3.06. The molecule has 0 amide bonds. The fourth-order valence-corrected chi connectivity index (χ4v) is 4.74. The van der Waals surface area contributed by atoms with E-state index in [0.29, 0.717) is 17.1 Å². The van der Waals surface area contributed by atoms with E-state index in [1.54, 1.807) is 18.3 Å². The number of benzene rings is 1. The molecular formula is C23H18FN3OS. The van der Waals surface area contributed by atoms with Crippen LogP contribution in [-0.2, 0) is 13.0 Å². The topological polar surface area (TPSA) is 47.8 Å². The Morgan fingerprint density at radius 3 is 2.69 bits per heavy atom. The minimum Gasteiger partial charge on any atom is -0.307 e. The molecule has 3 aromatic heterocycles. The zero-order valence-corrected chi connectivity index (χ0v) is 16.7. The van der Waals surface area contributed by atoms with Crippen molar-refractivity contribution in [1.82, 2.24) is 14.5 Å². The molecule has 144 valence electrons. The number of fused-ring (bicyclic) bond motifs is 3. The molecule has 0 radical (unpaired) electrons. The molecule has 0 fully saturated rings. The van der Waals surface area contributed by atoms with Gasteiger partial charge < -0.3 is 4.57 Å². The minimum absolute atomic E-state index is 0.0445. The molecule has 0 spiro atoms. The Hall–Kier alpha value is -3.12. The largest absolute Gasteiger partial charge is 0.307 e. The monoisotopic (exact) mass is 403 g/mol. The Bertz CT molecular complexity index is 1270. The molecule has 4 heterocycles. The maximum Gasteiger partial charge on any atom is 0.261 e. The van der Waals surface area contributed by atoms with Gasteiger partial charge in [-0.1, -0.05) is 12.1 Å². The number of halogens is 1. The van der Waals surface area contributed by atoms with Crippen LogP contribution in [0.3, 0.4) is 0 Å². The second kappa shape index (κ2) is 7.04. The van der Waals surface area contributed by atoms with Gasteiger partial charge in [0.2, 0.25) is 0 Å². The van der Waals surface area contributed by atoms with E-state index in [0.717, 1.165) is 40.9 Å². The molecule has 1 aliphatic rings. The first-order valence-corrected chi connectivity index (χ1v) is 10.4. The summed E-state index contributed by atoms with van der Waals surface area (Å²) in [6, 6.07) is 10.3. The SMILES string of the molecule is Cc1csc(-c2cc(-c3ccc(F)cc3)c3n(c2=O)CCCc2ccncc2-3)n1. The van der Waals surface area contributed by atoms with Gasteiger partial charge in [-0.2, -0.15) is 0 Å². The van der Waals surface area contributed by atoms with Gasteiger partial charge in [-0.05, 0) is 55.2 Å². The molecule has 1 aromatic carbocycles. The predicted octanol–water partition coefficient (Wildman–Crippen LogP) is 5.09. The fourth-order valence-electron chi connectivity index (χ4n) is 3.93. The Labute approximate surface area is 171 Å². The summed E-state index contributed by atoms with van der Waals surface area (Å²) >= 11 is 1.47. The van der Waals surface area contributed by atoms with E-state index in [2.05, 4.69) is 9.97 Å². The molecule has 0 N–H and O–H groups in total. The van der Waals surface area contributed by atoms with Gasteiger partial charge in [0.25, 0.3) is 5.56 Å². The van der Waals surface area contributed by atoms with Gasteiger partial charge in [0.15, 0.2) is 0 Å². The number of aryl methyl sites for hydroxylation is 2. The molecule has 4 aromatic rings. The molecule has 29 heavy (non-hydrogen) atoms. The van der Waals surface area contributed by atoms with Crippen molar-refractivity contribution in [3.63, 3.8) is 0 Å². The third-order valence-electron chi connectivity index (χ3n) is 5.29. The van der Waals surface area contributed by atoms with Crippen molar-refractivity contribution in [3.8, 4) is 33.0 Å². The lowest BCUT2D eigenvalue weighted by atomic mass is 9.95. The summed E-state index contributed by atoms with van der Waals surface area (Å²) < 4.78 is 15.4. The van der Waals surface area contributed by atoms with Crippen LogP contribution in [0.4, 0.5) is 4.39 Å². The van der Waals surface area contributed by atoms with Crippen LogP contribution in [0, 0.1) is 12.7 Å². The quantitative estimate of drug-likeness (QED) is 0.468. The zero-order chi connectivity index (χ0) is 20.0. The molecule has 6 heteroatoms. The number of hydrogen-bond donors (Lipinski definition) is 0. The van der Waals surface area contributed by atoms with Gasteiger partial charge in [-0.25, -0.2) is 9.37 Å². The van der Waals surface area contributed by atoms with Crippen molar-refractivity contribution in [2.75, 3.05) is 0 Å². The Balaban J connectivity index is 1.87. The van der Waals surface area contributed by atoms with Crippen molar-refractivity contribution in [2.24, 2.45) is 0 Å². The number of hydrogen-bond acceptors (Lipinski definition) is 4. The summed E-state index contributed by atoms with van der Waals surface area (Å²) in [5, 5.41) is 2.66. The molecule has 0 atom stereocenters. The van der Waals surface area contributed by atoms with Crippen LogP contribution in [0.2, 0.25) is 0 Å². The number of thiazole rings is 1. The summed E-state index contributed by atoms with van der Waals surface area (Å²) in [6.45, 7) is 2.54. The molecule has 0 bridgehead atoms. The van der Waals surface area contributed by atoms with E-state index >= 15 is 0 Å². The van der Waals surface area contributed by atoms with E-state index in [4.69, 9.17) is 0 Å². The first-order chi connectivity index (χ1) is 14.1. The van der Waals surface area contributed by atoms with E-state index in [1.165, 1.54) is 29.0 Å². The van der Waals surface area contributed by atoms with E-state index in [9.17, 15) is 9.18 Å². The van der Waals surface area contributed by atoms with Crippen molar-refractivity contribution in [1.29, 1.82) is 0 Å². The standard InChI is InChI=1S/C23H18FN3OS/c1-14-13-29-22(26-14)19-11-18(16-4-6-17(24)7-5-16)21-20-12-25-9-8-15(20)3-2-10-27(21)23(19)28/h4-9,11-13H,2-3,10H2,1H3. The van der Waals surface area contributed by atoms with E-state index < -0.39 is 0 Å². The van der Waals surface area contributed by atoms with Crippen LogP contribution in [-0.4, -0.2) is 14.5 Å². The fraction of sp³-hybridized carbons (Fsp3) is 0.174. The lowest BCUT2D eigenvalue weighted by Crippen LogP contribution is -2.23. The van der Waals surface area contributed by atoms with Crippen LogP contribution in [0.1, 0.15) is 17.7 Å². The van der Waals surface area contributed by atoms with Gasteiger partial charge in [-0.3, -0.25) is 9.78 Å². The predicted molar refractivity (Wildman–Crippen MR) is 113 cm³/mol. The third kappa shape index (κ3) is 3.09. The molecule has 1 aliphatic heterocycles. The van der Waals surface area contributed by atoms with Crippen LogP contribution in [0.25, 0.3) is 33.0 Å². The maximum absolute atomic E-state index is 13.6. The molecule has 4 nitrogen and oxygen atoms in total. The Morgan fingerprint density at radius 2 is 1.93 bits per heavy atom. The normalized spacial score (nSPS) is 12.9.